The van der Waals surface area contributed by atoms with Crippen molar-refractivity contribution < 1.29 is 34.7 Å². The van der Waals surface area contributed by atoms with Crippen molar-refractivity contribution in [2.24, 2.45) is 28.9 Å². The van der Waals surface area contributed by atoms with Crippen LogP contribution in [-0.4, -0.2) is 54.5 Å². The van der Waals surface area contributed by atoms with Crippen molar-refractivity contribution in [2.75, 3.05) is 6.54 Å². The van der Waals surface area contributed by atoms with E-state index in [0.717, 1.165) is 64.4 Å². The Labute approximate surface area is 343 Å². The first-order valence-electron chi connectivity index (χ1n) is 21.1. The SMILES string of the molecule is CC1C=CC(C(O)CC(=O)CCc2cc3c(cc2O)OC#CC2(CCCC2)C2C#CC(O)c4ccc5c6c4C(C=CC6CNC5N)c4c[nH]c5cn(cc45)C2O3)C(O)C1. The van der Waals surface area contributed by atoms with Gasteiger partial charge in [-0.15, -0.1) is 0 Å². The summed E-state index contributed by atoms with van der Waals surface area (Å²) in [5.74, 6) is 9.85. The maximum Gasteiger partial charge on any atom is 0.191 e. The van der Waals surface area contributed by atoms with Gasteiger partial charge in [0.2, 0.25) is 0 Å². The number of aliphatic hydroxyl groups excluding tert-OH is 3. The molecule has 10 rings (SSSR count). The highest BCUT2D eigenvalue weighted by Crippen LogP contribution is 2.52. The van der Waals surface area contributed by atoms with Crippen molar-refractivity contribution in [1.29, 1.82) is 0 Å². The highest BCUT2D eigenvalue weighted by molar-refractivity contribution is 5.85. The Kier molecular flexibility index (Phi) is 9.51. The van der Waals surface area contributed by atoms with Crippen LogP contribution < -0.4 is 20.5 Å². The number of phenols is 1. The van der Waals surface area contributed by atoms with Crippen LogP contribution in [0.1, 0.15) is 116 Å². The van der Waals surface area contributed by atoms with Crippen molar-refractivity contribution in [1.82, 2.24) is 14.9 Å². The van der Waals surface area contributed by atoms with E-state index in [9.17, 15) is 25.2 Å². The Balaban J connectivity index is 1.03. The summed E-state index contributed by atoms with van der Waals surface area (Å²) in [6.45, 7) is 2.72. The number of aromatic nitrogens is 2. The fourth-order valence-electron chi connectivity index (χ4n) is 10.6. The van der Waals surface area contributed by atoms with E-state index in [0.29, 0.717) is 24.3 Å². The molecule has 2 aromatic heterocycles. The van der Waals surface area contributed by atoms with Crippen LogP contribution >= 0.6 is 0 Å². The minimum absolute atomic E-state index is 0.0607. The molecule has 11 heteroatoms. The van der Waals surface area contributed by atoms with Crippen LogP contribution in [0.2, 0.25) is 0 Å². The number of aromatic hydroxyl groups is 1. The number of H-pyrrole nitrogens is 1. The molecule has 2 aromatic carbocycles. The van der Waals surface area contributed by atoms with Crippen LogP contribution in [0.3, 0.4) is 0 Å². The third-order valence-electron chi connectivity index (χ3n) is 13.8. The fourth-order valence-corrected chi connectivity index (χ4v) is 10.6. The Morgan fingerprint density at radius 3 is 2.69 bits per heavy atom. The number of allylic oxidation sites excluding steroid dienone is 2. The van der Waals surface area contributed by atoms with Crippen LogP contribution in [0, 0.1) is 47.0 Å². The maximum absolute atomic E-state index is 13.2. The number of hydrogen-bond acceptors (Lipinski definition) is 9. The third kappa shape index (κ3) is 6.57. The smallest absolute Gasteiger partial charge is 0.191 e. The molecule has 11 nitrogen and oxygen atoms in total. The quantitative estimate of drug-likeness (QED) is 0.0912. The number of ether oxygens (including phenoxy) is 2. The molecule has 0 radical (unpaired) electrons. The minimum Gasteiger partial charge on any atom is -0.508 e. The van der Waals surface area contributed by atoms with Crippen molar-refractivity contribution in [3.05, 3.63) is 101 Å². The van der Waals surface area contributed by atoms with Crippen LogP contribution in [0.25, 0.3) is 10.9 Å². The monoisotopic (exact) mass is 794 g/mol. The normalized spacial score (nSPS) is 30.0. The van der Waals surface area contributed by atoms with E-state index in [1.165, 1.54) is 6.07 Å². The lowest BCUT2D eigenvalue weighted by atomic mass is 9.71. The number of ketones is 1. The largest absolute Gasteiger partial charge is 0.508 e. The van der Waals surface area contributed by atoms with Gasteiger partial charge in [0.05, 0.1) is 35.2 Å². The van der Waals surface area contributed by atoms with Crippen LogP contribution in [0.4, 0.5) is 0 Å². The number of aromatic amines is 1. The second-order valence-electron chi connectivity index (χ2n) is 17.6. The van der Waals surface area contributed by atoms with Crippen LogP contribution in [-0.2, 0) is 11.2 Å². The predicted octanol–water partition coefficient (Wildman–Crippen LogP) is 6.00. The molecule has 4 aromatic rings. The van der Waals surface area contributed by atoms with Crippen LogP contribution in [0.15, 0.2) is 67.2 Å². The summed E-state index contributed by atoms with van der Waals surface area (Å²) in [5, 5.41) is 49.2. The fraction of sp³-hybridized carbons (Fsp3) is 0.438. The molecule has 10 unspecified atom stereocenters. The molecule has 59 heavy (non-hydrogen) atoms. The second kappa shape index (κ2) is 14.8. The molecule has 3 aliphatic heterocycles. The first kappa shape index (κ1) is 38.0. The van der Waals surface area contributed by atoms with E-state index < -0.39 is 41.8 Å². The van der Waals surface area contributed by atoms with Gasteiger partial charge in [0.1, 0.15) is 23.7 Å². The Morgan fingerprint density at radius 1 is 1.03 bits per heavy atom. The van der Waals surface area contributed by atoms with Gasteiger partial charge in [-0.1, -0.05) is 74.0 Å². The standard InChI is InChI=1S/C48H50N4O7/c1-26-4-8-31(40(56)18-26)41(57)20-29(53)7-5-27-19-43-42(21-39(27)55)58-17-16-48(14-2-3-15-48)36-12-13-38(54)32-10-11-33-44-28(22-51-46(33)49)6-9-30(45(32)44)34-23-50-37-25-52(24-35(34)37)47(36)59-43/h4,6,8-11,19,21,23-26,28,30-31,36,38,40-41,46-47,50-51,54-57H,2-3,5,7,14-15,18,20,22,49H2,1H3. The number of nitrogens with zero attached hydrogens (tertiary/aromatic N) is 1. The molecule has 304 valence electrons. The molecule has 6 aliphatic rings. The number of carbonyl (C=O) groups excluding carboxylic acids is 1. The molecule has 1 spiro atoms. The van der Waals surface area contributed by atoms with Gasteiger partial charge in [-0.25, -0.2) is 0 Å². The lowest BCUT2D eigenvalue weighted by Crippen LogP contribution is -2.39. The van der Waals surface area contributed by atoms with Crippen molar-refractivity contribution in [2.45, 2.75) is 101 Å². The van der Waals surface area contributed by atoms with Gasteiger partial charge in [0.15, 0.2) is 17.7 Å². The minimum atomic E-state index is -1.09. The van der Waals surface area contributed by atoms with Gasteiger partial charge in [0.25, 0.3) is 0 Å². The number of benzene rings is 2. The lowest BCUT2D eigenvalue weighted by molar-refractivity contribution is -0.122. The number of hydrogen-bond donors (Lipinski definition) is 7. The second-order valence-corrected chi connectivity index (χ2v) is 17.6. The lowest BCUT2D eigenvalue weighted by Gasteiger charge is -2.37. The molecule has 0 amide bonds. The number of fused-ring (bicyclic) bond motifs is 6. The first-order valence-corrected chi connectivity index (χ1v) is 21.1. The van der Waals surface area contributed by atoms with Gasteiger partial charge in [-0.3, -0.25) is 10.1 Å². The van der Waals surface area contributed by atoms with E-state index in [-0.39, 0.29) is 60.5 Å². The van der Waals surface area contributed by atoms with E-state index in [2.05, 4.69) is 63.3 Å². The third-order valence-corrected chi connectivity index (χ3v) is 13.8. The summed E-state index contributed by atoms with van der Waals surface area (Å²) >= 11 is 0. The van der Waals surface area contributed by atoms with Gasteiger partial charge >= 0.3 is 0 Å². The van der Waals surface area contributed by atoms with E-state index in [4.69, 9.17) is 15.2 Å². The molecule has 8 N–H and O–H groups in total. The van der Waals surface area contributed by atoms with Crippen molar-refractivity contribution in [3.8, 4) is 41.1 Å². The Hall–Kier alpha value is -5.27. The van der Waals surface area contributed by atoms with E-state index >= 15 is 0 Å². The van der Waals surface area contributed by atoms with Crippen molar-refractivity contribution in [3.63, 3.8) is 0 Å². The Bertz CT molecular complexity index is 2520. The molecular weight excluding hydrogens is 745 g/mol. The number of aliphatic hydroxyl groups is 3. The molecule has 1 saturated carbocycles. The zero-order chi connectivity index (χ0) is 40.6. The average molecular weight is 795 g/mol. The number of nitrogens with two attached hydrogens (primary N) is 1. The number of carbonyl (C=O) groups is 1. The van der Waals surface area contributed by atoms with E-state index in [1.807, 2.05) is 37.4 Å². The van der Waals surface area contributed by atoms with Gasteiger partial charge in [0, 0.05) is 67.2 Å². The molecule has 5 heterocycles. The number of nitrogens with one attached hydrogen (secondary N) is 2. The van der Waals surface area contributed by atoms with Gasteiger partial charge in [-0.05, 0) is 71.0 Å². The van der Waals surface area contributed by atoms with Crippen LogP contribution in [0.5, 0.6) is 17.2 Å². The van der Waals surface area contributed by atoms with E-state index in [1.54, 1.807) is 6.07 Å². The number of Topliss-reactive ketones (excluding diaryl/α,β-unsaturated/α-hetero) is 1. The topological polar surface area (TPSA) is 175 Å². The molecule has 0 saturated heterocycles. The summed E-state index contributed by atoms with van der Waals surface area (Å²) in [5.41, 5.74) is 12.5. The number of aryl methyl sites for hydroxylation is 1. The first-order chi connectivity index (χ1) is 28.6. The number of rotatable bonds is 6. The summed E-state index contributed by atoms with van der Waals surface area (Å²) in [6.07, 6.45) is 17.7. The average Bonchev–Trinajstić information content (AvgIpc) is 3.96. The summed E-state index contributed by atoms with van der Waals surface area (Å²) in [7, 11) is 0. The predicted molar refractivity (Wildman–Crippen MR) is 221 cm³/mol. The summed E-state index contributed by atoms with van der Waals surface area (Å²) in [6, 6.07) is 7.19. The molecule has 3 aliphatic carbocycles. The highest BCUT2D eigenvalue weighted by atomic mass is 16.5. The van der Waals surface area contributed by atoms with Gasteiger partial charge in [-0.2, -0.15) is 0 Å². The Morgan fingerprint density at radius 2 is 1.86 bits per heavy atom. The van der Waals surface area contributed by atoms with Gasteiger partial charge < -0.3 is 45.2 Å². The summed E-state index contributed by atoms with van der Waals surface area (Å²) < 4.78 is 15.2. The zero-order valence-electron chi connectivity index (χ0n) is 33.0. The molecule has 10 atom stereocenters. The molecular formula is C48H50N4O7. The summed E-state index contributed by atoms with van der Waals surface area (Å²) in [4.78, 5) is 16.7. The van der Waals surface area contributed by atoms with Crippen molar-refractivity contribution >= 4 is 16.7 Å². The molecule has 1 fully saturated rings. The maximum atomic E-state index is 13.2. The molecule has 2 bridgehead atoms. The number of phenolic OH excluding ortho intramolecular Hbond substituents is 1. The zero-order valence-corrected chi connectivity index (χ0v) is 33.0. The highest BCUT2D eigenvalue weighted by Gasteiger charge is 2.47.